The molecule has 0 saturated carbocycles. The van der Waals surface area contributed by atoms with E-state index < -0.39 is 28.6 Å². The van der Waals surface area contributed by atoms with Crippen molar-refractivity contribution in [3.05, 3.63) is 28.7 Å². The molecule has 0 atom stereocenters. The lowest BCUT2D eigenvalue weighted by atomic mass is 10.2. The fourth-order valence-electron chi connectivity index (χ4n) is 1.36. The third-order valence-electron chi connectivity index (χ3n) is 2.17. The first-order valence-corrected chi connectivity index (χ1v) is 4.99. The zero-order chi connectivity index (χ0) is 13.7. The van der Waals surface area contributed by atoms with Crippen molar-refractivity contribution in [2.75, 3.05) is 0 Å². The highest BCUT2D eigenvalue weighted by Gasteiger charge is 2.37. The van der Waals surface area contributed by atoms with Gasteiger partial charge in [0.15, 0.2) is 5.65 Å². The lowest BCUT2D eigenvalue weighted by molar-refractivity contribution is -0.144. The van der Waals surface area contributed by atoms with Gasteiger partial charge in [0.05, 0.1) is 5.56 Å². The number of rotatable bonds is 1. The number of alkyl halides is 5. The molecule has 2 heterocycles. The number of hydrogen-bond donors (Lipinski definition) is 0. The molecule has 2 aromatic heterocycles. The summed E-state index contributed by atoms with van der Waals surface area (Å²) < 4.78 is 63.9. The second-order valence-electron chi connectivity index (χ2n) is 3.63. The van der Waals surface area contributed by atoms with Crippen molar-refractivity contribution in [2.45, 2.75) is 19.0 Å². The van der Waals surface area contributed by atoms with Gasteiger partial charge in [0.1, 0.15) is 5.15 Å². The molecular weight excluding hydrogens is 281 g/mol. The normalized spacial score (nSPS) is 13.3. The highest BCUT2D eigenvalue weighted by atomic mass is 35.5. The molecule has 9 heteroatoms. The molecule has 2 aromatic rings. The van der Waals surface area contributed by atoms with E-state index in [-0.39, 0.29) is 5.65 Å². The molecule has 0 spiro atoms. The van der Waals surface area contributed by atoms with Crippen LogP contribution in [0.3, 0.4) is 0 Å². The molecular formula is C9H5ClF5N3. The van der Waals surface area contributed by atoms with Crippen LogP contribution in [-0.2, 0) is 12.1 Å². The molecule has 0 bridgehead atoms. The van der Waals surface area contributed by atoms with E-state index in [2.05, 4.69) is 10.1 Å². The summed E-state index contributed by atoms with van der Waals surface area (Å²) in [6, 6.07) is 1.92. The molecule has 0 amide bonds. The Hall–Kier alpha value is -1.44. The van der Waals surface area contributed by atoms with E-state index >= 15 is 0 Å². The van der Waals surface area contributed by atoms with Gasteiger partial charge >= 0.3 is 6.18 Å². The van der Waals surface area contributed by atoms with Crippen molar-refractivity contribution in [1.29, 1.82) is 0 Å². The van der Waals surface area contributed by atoms with Crippen molar-refractivity contribution >= 4 is 17.2 Å². The van der Waals surface area contributed by atoms with E-state index in [4.69, 9.17) is 11.6 Å². The molecule has 98 valence electrons. The predicted octanol–water partition coefficient (Wildman–Crippen LogP) is 3.51. The van der Waals surface area contributed by atoms with Crippen molar-refractivity contribution in [1.82, 2.24) is 14.6 Å². The second-order valence-corrected chi connectivity index (χ2v) is 3.99. The second kappa shape index (κ2) is 3.78. The monoisotopic (exact) mass is 285 g/mol. The Balaban J connectivity index is 2.69. The number of fused-ring (bicyclic) bond motifs is 1. The zero-order valence-electron chi connectivity index (χ0n) is 8.76. The van der Waals surface area contributed by atoms with Gasteiger partial charge in [-0.15, -0.1) is 5.10 Å². The van der Waals surface area contributed by atoms with Crippen molar-refractivity contribution in [3.63, 3.8) is 0 Å². The minimum absolute atomic E-state index is 0.250. The van der Waals surface area contributed by atoms with Crippen LogP contribution in [0.2, 0.25) is 5.15 Å². The largest absolute Gasteiger partial charge is 0.453 e. The number of aromatic nitrogens is 3. The molecule has 0 fully saturated rings. The van der Waals surface area contributed by atoms with Crippen LogP contribution in [0.25, 0.3) is 5.65 Å². The summed E-state index contributed by atoms with van der Waals surface area (Å²) in [5, 5.41) is 2.48. The Morgan fingerprint density at radius 2 is 1.78 bits per heavy atom. The van der Waals surface area contributed by atoms with Gasteiger partial charge < -0.3 is 0 Å². The lowest BCUT2D eigenvalue weighted by Crippen LogP contribution is -2.11. The SMILES string of the molecule is CC(F)(F)c1ccc2nc(C(F)(F)F)nn2c1Cl. The van der Waals surface area contributed by atoms with Crippen molar-refractivity contribution in [2.24, 2.45) is 0 Å². The van der Waals surface area contributed by atoms with Crippen molar-refractivity contribution < 1.29 is 22.0 Å². The number of nitrogens with zero attached hydrogens (tertiary/aromatic N) is 3. The fraction of sp³-hybridized carbons (Fsp3) is 0.333. The number of hydrogen-bond acceptors (Lipinski definition) is 2. The maximum absolute atomic E-state index is 13.1. The minimum Gasteiger partial charge on any atom is -0.203 e. The quantitative estimate of drug-likeness (QED) is 0.593. The van der Waals surface area contributed by atoms with Gasteiger partial charge in [-0.1, -0.05) is 11.6 Å². The zero-order valence-corrected chi connectivity index (χ0v) is 9.52. The van der Waals surface area contributed by atoms with Gasteiger partial charge in [0.2, 0.25) is 0 Å². The first-order chi connectivity index (χ1) is 8.10. The molecule has 0 aliphatic heterocycles. The number of pyridine rings is 1. The average Bonchev–Trinajstić information content (AvgIpc) is 2.59. The Morgan fingerprint density at radius 1 is 1.17 bits per heavy atom. The summed E-state index contributed by atoms with van der Waals surface area (Å²) in [6.45, 7) is 0.585. The third-order valence-corrected chi connectivity index (χ3v) is 2.53. The van der Waals surface area contributed by atoms with Crippen LogP contribution in [0.5, 0.6) is 0 Å². The van der Waals surface area contributed by atoms with Crippen LogP contribution in [-0.4, -0.2) is 14.6 Å². The number of halogens is 6. The summed E-state index contributed by atoms with van der Waals surface area (Å²) in [7, 11) is 0. The van der Waals surface area contributed by atoms with Crippen LogP contribution in [0.4, 0.5) is 22.0 Å². The van der Waals surface area contributed by atoms with Gasteiger partial charge in [0, 0.05) is 6.92 Å². The lowest BCUT2D eigenvalue weighted by Gasteiger charge is -2.12. The molecule has 0 aliphatic rings. The van der Waals surface area contributed by atoms with Crippen LogP contribution < -0.4 is 0 Å². The topological polar surface area (TPSA) is 30.2 Å². The standard InChI is InChI=1S/C9H5ClF5N3/c1-8(11,12)4-2-3-5-16-7(9(13,14)15)17-18(5)6(4)10/h2-3H,1H3. The molecule has 0 N–H and O–H groups in total. The van der Waals surface area contributed by atoms with Crippen molar-refractivity contribution in [3.8, 4) is 0 Å². The van der Waals surface area contributed by atoms with E-state index in [0.717, 1.165) is 12.1 Å². The summed E-state index contributed by atoms with van der Waals surface area (Å²) in [5.41, 5.74) is -0.865. The maximum atomic E-state index is 13.1. The summed E-state index contributed by atoms with van der Waals surface area (Å²) in [6.07, 6.45) is -4.76. The van der Waals surface area contributed by atoms with E-state index in [1.54, 1.807) is 0 Å². The molecule has 2 rings (SSSR count). The Kier molecular flexibility index (Phi) is 2.73. The molecule has 0 aliphatic carbocycles. The molecule has 0 radical (unpaired) electrons. The van der Waals surface area contributed by atoms with Gasteiger partial charge in [-0.3, -0.25) is 0 Å². The Morgan fingerprint density at radius 3 is 2.28 bits per heavy atom. The predicted molar refractivity (Wildman–Crippen MR) is 52.6 cm³/mol. The molecule has 0 saturated heterocycles. The summed E-state index contributed by atoms with van der Waals surface area (Å²) in [4.78, 5) is 3.17. The molecule has 18 heavy (non-hydrogen) atoms. The van der Waals surface area contributed by atoms with Gasteiger partial charge in [-0.2, -0.15) is 13.2 Å². The summed E-state index contributed by atoms with van der Waals surface area (Å²) in [5.74, 6) is -4.71. The first-order valence-electron chi connectivity index (χ1n) is 4.61. The van der Waals surface area contributed by atoms with E-state index in [0.29, 0.717) is 11.4 Å². The van der Waals surface area contributed by atoms with Gasteiger partial charge in [-0.05, 0) is 12.1 Å². The Labute approximate surface area is 102 Å². The van der Waals surface area contributed by atoms with E-state index in [9.17, 15) is 22.0 Å². The molecule has 0 aromatic carbocycles. The first kappa shape index (κ1) is 13.0. The smallest absolute Gasteiger partial charge is 0.203 e. The van der Waals surface area contributed by atoms with Crippen LogP contribution in [0.15, 0.2) is 12.1 Å². The highest BCUT2D eigenvalue weighted by molar-refractivity contribution is 6.30. The molecule has 0 unspecified atom stereocenters. The van der Waals surface area contributed by atoms with Gasteiger partial charge in [0.25, 0.3) is 11.7 Å². The average molecular weight is 286 g/mol. The highest BCUT2D eigenvalue weighted by Crippen LogP contribution is 2.34. The minimum atomic E-state index is -4.76. The van der Waals surface area contributed by atoms with Crippen LogP contribution in [0.1, 0.15) is 18.3 Å². The summed E-state index contributed by atoms with van der Waals surface area (Å²) >= 11 is 5.60. The maximum Gasteiger partial charge on any atom is 0.453 e. The third kappa shape index (κ3) is 2.12. The van der Waals surface area contributed by atoms with E-state index in [1.807, 2.05) is 0 Å². The van der Waals surface area contributed by atoms with Crippen LogP contribution >= 0.6 is 11.6 Å². The fourth-order valence-corrected chi connectivity index (χ4v) is 1.72. The van der Waals surface area contributed by atoms with Gasteiger partial charge in [-0.25, -0.2) is 18.3 Å². The Bertz CT molecular complexity index is 598. The van der Waals surface area contributed by atoms with Crippen LogP contribution in [0, 0.1) is 0 Å². The van der Waals surface area contributed by atoms with E-state index in [1.165, 1.54) is 0 Å². The molecule has 3 nitrogen and oxygen atoms in total.